The first-order valence-electron chi connectivity index (χ1n) is 7.27. The molecule has 132 valence electrons. The lowest BCUT2D eigenvalue weighted by molar-refractivity contribution is 0.0200. The zero-order valence-electron chi connectivity index (χ0n) is 13.3. The average Bonchev–Trinajstić information content (AvgIpc) is 2.83. The lowest BCUT2D eigenvalue weighted by Crippen LogP contribution is -2.46. The molecule has 3 N–H and O–H groups in total. The minimum atomic E-state index is -4.57. The van der Waals surface area contributed by atoms with Crippen LogP contribution in [0.2, 0.25) is 0 Å². The average molecular weight is 350 g/mol. The van der Waals surface area contributed by atoms with Gasteiger partial charge in [-0.25, -0.2) is 8.98 Å². The van der Waals surface area contributed by atoms with Gasteiger partial charge in [-0.05, 0) is 33.6 Å². The lowest BCUT2D eigenvalue weighted by atomic mass is 9.96. The van der Waals surface area contributed by atoms with Crippen molar-refractivity contribution in [1.82, 2.24) is 15.6 Å². The fourth-order valence-electron chi connectivity index (χ4n) is 2.37. The molecular weight excluding hydrogens is 328 g/mol. The normalized spacial score (nSPS) is 23.0. The van der Waals surface area contributed by atoms with Crippen LogP contribution < -0.4 is 10.7 Å². The van der Waals surface area contributed by atoms with Crippen molar-refractivity contribution in [2.75, 3.05) is 13.1 Å². The first-order chi connectivity index (χ1) is 10.5. The minimum Gasteiger partial charge on any atom is -0.444 e. The van der Waals surface area contributed by atoms with E-state index in [0.29, 0.717) is 31.8 Å². The van der Waals surface area contributed by atoms with Crippen molar-refractivity contribution in [2.45, 2.75) is 45.6 Å². The first-order valence-corrected chi connectivity index (χ1v) is 8.63. The molecule has 0 bridgehead atoms. The molecule has 23 heavy (non-hydrogen) atoms. The minimum absolute atomic E-state index is 0.0381. The lowest BCUT2D eigenvalue weighted by Gasteiger charge is -2.33. The van der Waals surface area contributed by atoms with E-state index in [2.05, 4.69) is 20.0 Å². The third kappa shape index (κ3) is 5.52. The van der Waals surface area contributed by atoms with Gasteiger partial charge in [0.05, 0.1) is 0 Å². The molecular formula is C12H22N4O6S. The van der Waals surface area contributed by atoms with Crippen LogP contribution in [-0.4, -0.2) is 54.8 Å². The Bertz CT molecular complexity index is 577. The van der Waals surface area contributed by atoms with E-state index in [0.717, 1.165) is 0 Å². The summed E-state index contributed by atoms with van der Waals surface area (Å²) < 4.78 is 39.6. The van der Waals surface area contributed by atoms with Gasteiger partial charge >= 0.3 is 16.5 Å². The quantitative estimate of drug-likeness (QED) is 0.617. The molecule has 10 nitrogen and oxygen atoms in total. The van der Waals surface area contributed by atoms with Crippen molar-refractivity contribution in [3.8, 4) is 0 Å². The smallest absolute Gasteiger partial charge is 0.410 e. The van der Waals surface area contributed by atoms with Crippen LogP contribution in [0, 0.1) is 5.92 Å². The molecule has 2 rings (SSSR count). The molecule has 2 aliphatic rings. The number of hydrogen-bond donors (Lipinski definition) is 3. The Labute approximate surface area is 135 Å². The number of nitrogens with one attached hydrogen (secondary N) is 2. The predicted octanol–water partition coefficient (Wildman–Crippen LogP) is 0.243. The number of rotatable bonds is 3. The summed E-state index contributed by atoms with van der Waals surface area (Å²) in [7, 11) is -4.57. The molecule has 1 fully saturated rings. The maximum atomic E-state index is 12.0. The fraction of sp³-hybridized carbons (Fsp3) is 0.833. The van der Waals surface area contributed by atoms with E-state index in [1.165, 1.54) is 0 Å². The largest absolute Gasteiger partial charge is 0.444 e. The van der Waals surface area contributed by atoms with Crippen molar-refractivity contribution < 1.29 is 26.7 Å². The number of carbonyl (C=O) groups excluding carboxylic acids is 1. The zero-order valence-corrected chi connectivity index (χ0v) is 14.1. The van der Waals surface area contributed by atoms with Crippen molar-refractivity contribution in [3.63, 3.8) is 0 Å². The van der Waals surface area contributed by atoms with Crippen molar-refractivity contribution in [1.29, 1.82) is 0 Å². The predicted molar refractivity (Wildman–Crippen MR) is 80.7 cm³/mol. The number of hydrazone groups is 1. The molecule has 2 aliphatic heterocycles. The second-order valence-electron chi connectivity index (χ2n) is 6.42. The van der Waals surface area contributed by atoms with Gasteiger partial charge in [-0.15, -0.1) is 0 Å². The molecule has 0 aromatic heterocycles. The van der Waals surface area contributed by atoms with Gasteiger partial charge in [0, 0.05) is 19.0 Å². The number of nitrogens with zero attached hydrogens (tertiary/aromatic N) is 2. The molecule has 1 amide bonds. The number of amidine groups is 1. The first kappa shape index (κ1) is 17.8. The highest BCUT2D eigenvalue weighted by Crippen LogP contribution is 2.21. The summed E-state index contributed by atoms with van der Waals surface area (Å²) in [5.41, 5.74) is 1.90. The van der Waals surface area contributed by atoms with E-state index in [-0.39, 0.29) is 12.0 Å². The van der Waals surface area contributed by atoms with Crippen LogP contribution >= 0.6 is 0 Å². The van der Waals surface area contributed by atoms with Gasteiger partial charge in [-0.2, -0.15) is 13.5 Å². The molecule has 0 aromatic rings. The molecule has 0 spiro atoms. The Morgan fingerprint density at radius 3 is 2.48 bits per heavy atom. The molecule has 0 aliphatic carbocycles. The van der Waals surface area contributed by atoms with E-state index < -0.39 is 22.4 Å². The molecule has 2 heterocycles. The van der Waals surface area contributed by atoms with Gasteiger partial charge in [0.15, 0.2) is 0 Å². The summed E-state index contributed by atoms with van der Waals surface area (Å²) >= 11 is 0. The number of piperidine rings is 1. The van der Waals surface area contributed by atoms with Crippen LogP contribution in [0.1, 0.15) is 33.6 Å². The van der Waals surface area contributed by atoms with E-state index in [1.54, 1.807) is 4.90 Å². The van der Waals surface area contributed by atoms with Crippen LogP contribution in [0.4, 0.5) is 4.79 Å². The summed E-state index contributed by atoms with van der Waals surface area (Å²) in [4.78, 5) is 13.6. The Morgan fingerprint density at radius 1 is 1.35 bits per heavy atom. The summed E-state index contributed by atoms with van der Waals surface area (Å²) in [6.45, 7) is 6.48. The van der Waals surface area contributed by atoms with Gasteiger partial charge in [0.1, 0.15) is 11.4 Å². The van der Waals surface area contributed by atoms with Crippen molar-refractivity contribution >= 4 is 22.3 Å². The van der Waals surface area contributed by atoms with E-state index in [9.17, 15) is 13.2 Å². The Kier molecular flexibility index (Phi) is 5.01. The summed E-state index contributed by atoms with van der Waals surface area (Å²) in [6, 6.07) is 0. The summed E-state index contributed by atoms with van der Waals surface area (Å²) in [5, 5.41) is 6.72. The topological polar surface area (TPSA) is 130 Å². The zero-order chi connectivity index (χ0) is 17.3. The molecule has 0 radical (unpaired) electrons. The van der Waals surface area contributed by atoms with Crippen LogP contribution in [0.15, 0.2) is 5.10 Å². The molecule has 1 atom stereocenters. The van der Waals surface area contributed by atoms with Gasteiger partial charge in [-0.1, -0.05) is 0 Å². The molecule has 11 heteroatoms. The highest BCUT2D eigenvalue weighted by molar-refractivity contribution is 7.80. The monoisotopic (exact) mass is 350 g/mol. The maximum absolute atomic E-state index is 12.0. The van der Waals surface area contributed by atoms with Crippen molar-refractivity contribution in [3.05, 3.63) is 0 Å². The van der Waals surface area contributed by atoms with E-state index in [1.807, 2.05) is 20.8 Å². The van der Waals surface area contributed by atoms with Gasteiger partial charge < -0.3 is 15.0 Å². The van der Waals surface area contributed by atoms with Crippen molar-refractivity contribution in [2.24, 2.45) is 11.0 Å². The third-order valence-corrected chi connectivity index (χ3v) is 3.77. The molecule has 0 saturated carbocycles. The highest BCUT2D eigenvalue weighted by Gasteiger charge is 2.32. The Balaban J connectivity index is 1.80. The second kappa shape index (κ2) is 6.49. The van der Waals surface area contributed by atoms with Gasteiger partial charge in [-0.3, -0.25) is 9.98 Å². The van der Waals surface area contributed by atoms with Crippen LogP contribution in [-0.2, 0) is 19.3 Å². The van der Waals surface area contributed by atoms with E-state index >= 15 is 0 Å². The molecule has 1 saturated heterocycles. The maximum Gasteiger partial charge on any atom is 0.410 e. The fourth-order valence-corrected chi connectivity index (χ4v) is 2.70. The summed E-state index contributed by atoms with van der Waals surface area (Å²) in [5.74, 6) is 0.582. The molecule has 0 aromatic carbocycles. The number of ether oxygens (including phenoxy) is 1. The number of likely N-dealkylation sites (tertiary alicyclic amines) is 1. The number of carbonyl (C=O) groups is 1. The SMILES string of the molecule is CC(C)(C)OC(=O)N1CCC(C2=NNC(OS(=O)(=O)O)N2)CC1. The van der Waals surface area contributed by atoms with E-state index in [4.69, 9.17) is 9.29 Å². The Hall–Kier alpha value is -1.59. The molecule has 1 unspecified atom stereocenters. The number of amides is 1. The highest BCUT2D eigenvalue weighted by atomic mass is 32.3. The number of hydrogen-bond acceptors (Lipinski definition) is 8. The Morgan fingerprint density at radius 2 is 1.96 bits per heavy atom. The van der Waals surface area contributed by atoms with Crippen LogP contribution in [0.3, 0.4) is 0 Å². The standard InChI is InChI=1S/C12H22N4O6S/c1-12(2,3)21-11(17)16-6-4-8(5-7-16)9-13-10(15-14-9)22-23(18,19)20/h8,10,15H,4-7H2,1-3H3,(H,13,14)(H,18,19,20). The van der Waals surface area contributed by atoms with Gasteiger partial charge in [0.2, 0.25) is 6.35 Å². The van der Waals surface area contributed by atoms with Crippen LogP contribution in [0.5, 0.6) is 0 Å². The summed E-state index contributed by atoms with van der Waals surface area (Å²) in [6.07, 6.45) is -0.150. The van der Waals surface area contributed by atoms with Crippen LogP contribution in [0.25, 0.3) is 0 Å². The van der Waals surface area contributed by atoms with Gasteiger partial charge in [0.25, 0.3) is 0 Å². The third-order valence-electron chi connectivity index (χ3n) is 3.33. The second-order valence-corrected chi connectivity index (χ2v) is 7.46.